The van der Waals surface area contributed by atoms with Crippen molar-refractivity contribution in [2.45, 2.75) is 12.0 Å². The van der Waals surface area contributed by atoms with Crippen molar-refractivity contribution in [3.05, 3.63) is 35.5 Å². The van der Waals surface area contributed by atoms with Crippen molar-refractivity contribution in [1.82, 2.24) is 15.5 Å². The van der Waals surface area contributed by atoms with Crippen LogP contribution in [-0.4, -0.2) is 28.3 Å². The van der Waals surface area contributed by atoms with E-state index in [4.69, 9.17) is 4.52 Å². The Bertz CT molecular complexity index is 630. The van der Waals surface area contributed by atoms with E-state index in [-0.39, 0.29) is 23.8 Å². The molecule has 20 heavy (non-hydrogen) atoms. The Kier molecular flexibility index (Phi) is 2.98. The second-order valence-electron chi connectivity index (χ2n) is 4.64. The number of β-amino-alcohol motifs (C(OH)–C–C–N with tert-alkyl or cyclic N) is 1. The van der Waals surface area contributed by atoms with Gasteiger partial charge in [0.2, 0.25) is 5.82 Å². The first-order chi connectivity index (χ1) is 9.49. The third-order valence-corrected chi connectivity index (χ3v) is 3.20. The van der Waals surface area contributed by atoms with Crippen LogP contribution in [0, 0.1) is 17.5 Å². The minimum absolute atomic E-state index is 0.0392. The van der Waals surface area contributed by atoms with Crippen molar-refractivity contribution < 1.29 is 22.8 Å². The Labute approximate surface area is 111 Å². The van der Waals surface area contributed by atoms with E-state index in [0.29, 0.717) is 13.0 Å². The standard InChI is InChI=1S/C12H10F3N3O2/c13-7-3-6(4-8(14)9(7)15)10-17-11(20-18-10)12(19)1-2-16-5-12/h3-4,16,19H,1-2,5H2. The van der Waals surface area contributed by atoms with Gasteiger partial charge >= 0.3 is 0 Å². The Morgan fingerprint density at radius 3 is 2.55 bits per heavy atom. The first kappa shape index (κ1) is 13.1. The van der Waals surface area contributed by atoms with E-state index in [1.165, 1.54) is 0 Å². The van der Waals surface area contributed by atoms with Gasteiger partial charge in [0, 0.05) is 12.1 Å². The van der Waals surface area contributed by atoms with Gasteiger partial charge in [0.25, 0.3) is 5.89 Å². The molecule has 3 rings (SSSR count). The van der Waals surface area contributed by atoms with Gasteiger partial charge in [-0.3, -0.25) is 0 Å². The van der Waals surface area contributed by atoms with Crippen LogP contribution in [0.5, 0.6) is 0 Å². The molecule has 0 saturated carbocycles. The molecule has 0 amide bonds. The van der Waals surface area contributed by atoms with E-state index in [2.05, 4.69) is 15.5 Å². The molecule has 1 aromatic carbocycles. The molecule has 1 atom stereocenters. The van der Waals surface area contributed by atoms with E-state index in [0.717, 1.165) is 12.1 Å². The van der Waals surface area contributed by atoms with E-state index in [1.54, 1.807) is 0 Å². The minimum Gasteiger partial charge on any atom is -0.379 e. The molecule has 0 bridgehead atoms. The number of hydrogen-bond donors (Lipinski definition) is 2. The molecule has 1 aromatic heterocycles. The number of halogens is 3. The summed E-state index contributed by atoms with van der Waals surface area (Å²) in [6.45, 7) is 0.842. The molecule has 5 nitrogen and oxygen atoms in total. The maximum absolute atomic E-state index is 13.1. The van der Waals surface area contributed by atoms with E-state index in [9.17, 15) is 18.3 Å². The number of hydrogen-bond acceptors (Lipinski definition) is 5. The number of aromatic nitrogens is 2. The predicted octanol–water partition coefficient (Wildman–Crippen LogP) is 1.33. The van der Waals surface area contributed by atoms with Crippen LogP contribution in [0.15, 0.2) is 16.7 Å². The number of nitrogens with zero attached hydrogens (tertiary/aromatic N) is 2. The Hall–Kier alpha value is -1.93. The van der Waals surface area contributed by atoms with Gasteiger partial charge in [-0.2, -0.15) is 4.98 Å². The quantitative estimate of drug-likeness (QED) is 0.815. The second kappa shape index (κ2) is 4.57. The van der Waals surface area contributed by atoms with Crippen molar-refractivity contribution in [2.75, 3.05) is 13.1 Å². The maximum Gasteiger partial charge on any atom is 0.260 e. The first-order valence-corrected chi connectivity index (χ1v) is 5.92. The van der Waals surface area contributed by atoms with Crippen LogP contribution >= 0.6 is 0 Å². The van der Waals surface area contributed by atoms with Crippen LogP contribution in [0.4, 0.5) is 13.2 Å². The molecule has 1 aliphatic heterocycles. The van der Waals surface area contributed by atoms with Gasteiger partial charge in [-0.15, -0.1) is 0 Å². The second-order valence-corrected chi connectivity index (χ2v) is 4.64. The number of nitrogens with one attached hydrogen (secondary N) is 1. The predicted molar refractivity (Wildman–Crippen MR) is 61.0 cm³/mol. The summed E-state index contributed by atoms with van der Waals surface area (Å²) in [5, 5.41) is 16.7. The summed E-state index contributed by atoms with van der Waals surface area (Å²) in [7, 11) is 0. The van der Waals surface area contributed by atoms with Crippen molar-refractivity contribution in [2.24, 2.45) is 0 Å². The third kappa shape index (κ3) is 2.06. The van der Waals surface area contributed by atoms with Crippen LogP contribution < -0.4 is 5.32 Å². The average molecular weight is 285 g/mol. The monoisotopic (exact) mass is 285 g/mol. The van der Waals surface area contributed by atoms with Gasteiger partial charge in [-0.1, -0.05) is 5.16 Å². The third-order valence-electron chi connectivity index (χ3n) is 3.20. The van der Waals surface area contributed by atoms with Gasteiger partial charge in [0.05, 0.1) is 0 Å². The topological polar surface area (TPSA) is 71.2 Å². The molecule has 0 radical (unpaired) electrons. The Morgan fingerprint density at radius 1 is 1.25 bits per heavy atom. The Balaban J connectivity index is 1.98. The zero-order valence-electron chi connectivity index (χ0n) is 10.2. The smallest absolute Gasteiger partial charge is 0.260 e. The molecule has 1 fully saturated rings. The lowest BCUT2D eigenvalue weighted by Gasteiger charge is -2.14. The zero-order chi connectivity index (χ0) is 14.3. The molecular weight excluding hydrogens is 275 g/mol. The highest BCUT2D eigenvalue weighted by Gasteiger charge is 2.38. The van der Waals surface area contributed by atoms with Crippen molar-refractivity contribution in [1.29, 1.82) is 0 Å². The lowest BCUT2D eigenvalue weighted by molar-refractivity contribution is 0.0243. The number of benzene rings is 1. The molecule has 2 heterocycles. The van der Waals surface area contributed by atoms with E-state index >= 15 is 0 Å². The van der Waals surface area contributed by atoms with E-state index in [1.807, 2.05) is 0 Å². The highest BCUT2D eigenvalue weighted by Crippen LogP contribution is 2.28. The fourth-order valence-corrected chi connectivity index (χ4v) is 2.08. The fourth-order valence-electron chi connectivity index (χ4n) is 2.08. The maximum atomic E-state index is 13.1. The molecule has 0 aliphatic carbocycles. The van der Waals surface area contributed by atoms with Crippen molar-refractivity contribution in [3.63, 3.8) is 0 Å². The van der Waals surface area contributed by atoms with Gasteiger partial charge in [0.1, 0.15) is 0 Å². The lowest BCUT2D eigenvalue weighted by Crippen LogP contribution is -2.28. The molecule has 2 aromatic rings. The summed E-state index contributed by atoms with van der Waals surface area (Å²) in [5.41, 5.74) is -1.35. The van der Waals surface area contributed by atoms with Crippen LogP contribution in [0.3, 0.4) is 0 Å². The zero-order valence-corrected chi connectivity index (χ0v) is 10.2. The summed E-state index contributed by atoms with van der Waals surface area (Å²) < 4.78 is 44.1. The molecule has 0 spiro atoms. The van der Waals surface area contributed by atoms with E-state index < -0.39 is 23.1 Å². The number of rotatable bonds is 2. The molecule has 8 heteroatoms. The van der Waals surface area contributed by atoms with Crippen LogP contribution in [0.1, 0.15) is 12.3 Å². The summed E-state index contributed by atoms with van der Waals surface area (Å²) in [6, 6.07) is 1.54. The Morgan fingerprint density at radius 2 is 1.95 bits per heavy atom. The summed E-state index contributed by atoms with van der Waals surface area (Å²) in [4.78, 5) is 3.92. The molecular formula is C12H10F3N3O2. The average Bonchev–Trinajstić information content (AvgIpc) is 3.05. The van der Waals surface area contributed by atoms with Gasteiger partial charge in [-0.25, -0.2) is 13.2 Å². The fraction of sp³-hybridized carbons (Fsp3) is 0.333. The molecule has 1 unspecified atom stereocenters. The highest BCUT2D eigenvalue weighted by molar-refractivity contribution is 5.54. The largest absolute Gasteiger partial charge is 0.379 e. The summed E-state index contributed by atoms with van der Waals surface area (Å²) in [5.74, 6) is -4.39. The van der Waals surface area contributed by atoms with Crippen molar-refractivity contribution in [3.8, 4) is 11.4 Å². The number of aliphatic hydroxyl groups is 1. The van der Waals surface area contributed by atoms with Gasteiger partial charge in [-0.05, 0) is 25.1 Å². The summed E-state index contributed by atoms with van der Waals surface area (Å²) >= 11 is 0. The van der Waals surface area contributed by atoms with Crippen LogP contribution in [-0.2, 0) is 5.60 Å². The molecule has 2 N–H and O–H groups in total. The van der Waals surface area contributed by atoms with Gasteiger partial charge in [0.15, 0.2) is 23.1 Å². The molecule has 1 aliphatic rings. The highest BCUT2D eigenvalue weighted by atomic mass is 19.2. The SMILES string of the molecule is OC1(c2nc(-c3cc(F)c(F)c(F)c3)no2)CCNC1. The normalized spacial score (nSPS) is 22.4. The molecule has 106 valence electrons. The van der Waals surface area contributed by atoms with Crippen LogP contribution in [0.2, 0.25) is 0 Å². The van der Waals surface area contributed by atoms with Crippen molar-refractivity contribution >= 4 is 0 Å². The first-order valence-electron chi connectivity index (χ1n) is 5.92. The summed E-state index contributed by atoms with van der Waals surface area (Å²) in [6.07, 6.45) is 0.390. The van der Waals surface area contributed by atoms with Crippen LogP contribution in [0.25, 0.3) is 11.4 Å². The van der Waals surface area contributed by atoms with Gasteiger partial charge < -0.3 is 14.9 Å². The minimum atomic E-state index is -1.56. The lowest BCUT2D eigenvalue weighted by atomic mass is 10.0. The molecule has 1 saturated heterocycles.